The molecule has 1 heterocycles. The van der Waals surface area contributed by atoms with Gasteiger partial charge in [-0.1, -0.05) is 0 Å². The van der Waals surface area contributed by atoms with Crippen molar-refractivity contribution in [2.75, 3.05) is 24.3 Å². The fourth-order valence-corrected chi connectivity index (χ4v) is 4.37. The highest BCUT2D eigenvalue weighted by Gasteiger charge is 2.40. The molecule has 1 aromatic heterocycles. The van der Waals surface area contributed by atoms with Crippen LogP contribution >= 0.6 is 12.4 Å². The monoisotopic (exact) mass is 382 g/mol. The van der Waals surface area contributed by atoms with Gasteiger partial charge in [-0.05, 0) is 63.2 Å². The van der Waals surface area contributed by atoms with Crippen molar-refractivity contribution in [3.05, 3.63) is 11.3 Å². The number of carbonyl (C=O) groups is 1. The van der Waals surface area contributed by atoms with Gasteiger partial charge in [0.2, 0.25) is 5.95 Å². The van der Waals surface area contributed by atoms with Crippen LogP contribution in [0.2, 0.25) is 0 Å². The number of nitrogens with zero attached hydrogens (tertiary/aromatic N) is 3. The Morgan fingerprint density at radius 2 is 1.77 bits per heavy atom. The molecule has 1 unspecified atom stereocenters. The maximum absolute atomic E-state index is 9.00. The number of urea groups is 1. The Morgan fingerprint density at radius 3 is 2.35 bits per heavy atom. The molecular weight excluding hydrogens is 352 g/mol. The van der Waals surface area contributed by atoms with E-state index in [4.69, 9.17) is 14.8 Å². The molecule has 0 aromatic carbocycles. The van der Waals surface area contributed by atoms with E-state index in [0.717, 1.165) is 36.4 Å². The maximum Gasteiger partial charge on any atom is 0.309 e. The molecule has 4 aliphatic carbocycles. The van der Waals surface area contributed by atoms with Crippen molar-refractivity contribution in [3.8, 4) is 0 Å². The van der Waals surface area contributed by atoms with Crippen molar-refractivity contribution < 1.29 is 4.79 Å². The van der Waals surface area contributed by atoms with E-state index in [1.807, 2.05) is 0 Å². The number of hydrogen-bond donors (Lipinski definition) is 3. The Morgan fingerprint density at radius 1 is 1.12 bits per heavy atom. The van der Waals surface area contributed by atoms with Crippen LogP contribution in [0.25, 0.3) is 0 Å². The predicted molar refractivity (Wildman–Crippen MR) is 107 cm³/mol. The normalized spacial score (nSPS) is 25.4. The number of rotatable bonds is 3. The molecule has 1 atom stereocenters. The van der Waals surface area contributed by atoms with Gasteiger partial charge in [0.15, 0.2) is 0 Å². The first-order valence-corrected chi connectivity index (χ1v) is 9.32. The zero-order valence-electron chi connectivity index (χ0n) is 15.7. The third-order valence-corrected chi connectivity index (χ3v) is 5.63. The fourth-order valence-electron chi connectivity index (χ4n) is 4.37. The molecule has 4 aliphatic rings. The predicted octanol–water partition coefficient (Wildman–Crippen LogP) is 2.47. The minimum Gasteiger partial charge on any atom is -0.362 e. The van der Waals surface area contributed by atoms with Crippen molar-refractivity contribution in [3.63, 3.8) is 0 Å². The van der Waals surface area contributed by atoms with E-state index in [2.05, 4.69) is 35.8 Å². The molecule has 5 N–H and O–H groups in total. The second-order valence-electron chi connectivity index (χ2n) is 7.73. The van der Waals surface area contributed by atoms with Crippen LogP contribution in [0.15, 0.2) is 0 Å². The van der Waals surface area contributed by atoms with E-state index in [9.17, 15) is 0 Å². The van der Waals surface area contributed by atoms with Crippen LogP contribution in [0.5, 0.6) is 0 Å². The van der Waals surface area contributed by atoms with Gasteiger partial charge in [0.05, 0.1) is 5.69 Å². The number of primary amides is 2. The van der Waals surface area contributed by atoms with Crippen molar-refractivity contribution in [2.45, 2.75) is 57.4 Å². The lowest BCUT2D eigenvalue weighted by Crippen LogP contribution is -2.44. The summed E-state index contributed by atoms with van der Waals surface area (Å²) in [6, 6.07) is -0.230. The zero-order chi connectivity index (χ0) is 18.0. The molecule has 0 radical (unpaired) electrons. The lowest BCUT2D eigenvalue weighted by molar-refractivity contribution is 0.1000. The smallest absolute Gasteiger partial charge is 0.309 e. The summed E-state index contributed by atoms with van der Waals surface area (Å²) in [5.41, 5.74) is 11.2. The van der Waals surface area contributed by atoms with Gasteiger partial charge in [-0.15, -0.1) is 12.4 Å². The summed E-state index contributed by atoms with van der Waals surface area (Å²) in [6.45, 7) is 0. The molecule has 2 amide bonds. The molecule has 5 rings (SSSR count). The molecular formula is C18H31ClN6O. The lowest BCUT2D eigenvalue weighted by Gasteiger charge is -2.46. The molecule has 7 nitrogen and oxygen atoms in total. The van der Waals surface area contributed by atoms with Crippen LogP contribution in [0.3, 0.4) is 0 Å². The number of carbonyl (C=O) groups excluding carboxylic acids is 1. The number of aromatic nitrogens is 2. The number of halogens is 1. The first kappa shape index (κ1) is 20.6. The quantitative estimate of drug-likeness (QED) is 0.743. The molecule has 0 saturated heterocycles. The summed E-state index contributed by atoms with van der Waals surface area (Å²) in [6.07, 6.45) is 10.3. The number of hydrogen-bond acceptors (Lipinski definition) is 5. The first-order valence-electron chi connectivity index (χ1n) is 9.32. The van der Waals surface area contributed by atoms with Crippen LogP contribution in [0, 0.1) is 11.8 Å². The summed E-state index contributed by atoms with van der Waals surface area (Å²) in [5, 5.41) is 3.67. The number of amides is 2. The van der Waals surface area contributed by atoms with Gasteiger partial charge in [-0.25, -0.2) is 9.78 Å². The summed E-state index contributed by atoms with van der Waals surface area (Å²) in [7, 11) is 4.19. The van der Waals surface area contributed by atoms with E-state index in [0.29, 0.717) is 6.04 Å². The Balaban J connectivity index is 0.000000444. The topological polar surface area (TPSA) is 110 Å². The summed E-state index contributed by atoms with van der Waals surface area (Å²) < 4.78 is 0. The number of fused-ring (bicyclic) bond motifs is 3. The molecule has 8 heteroatoms. The minimum atomic E-state index is -0.833. The van der Waals surface area contributed by atoms with Crippen LogP contribution in [-0.4, -0.2) is 36.1 Å². The Labute approximate surface area is 161 Å². The lowest BCUT2D eigenvalue weighted by atomic mass is 9.63. The largest absolute Gasteiger partial charge is 0.362 e. The van der Waals surface area contributed by atoms with Gasteiger partial charge in [0.1, 0.15) is 5.82 Å². The third kappa shape index (κ3) is 4.69. The van der Waals surface area contributed by atoms with E-state index in [-0.39, 0.29) is 12.4 Å². The Hall–Kier alpha value is -1.76. The van der Waals surface area contributed by atoms with Gasteiger partial charge >= 0.3 is 6.03 Å². The van der Waals surface area contributed by atoms with Gasteiger partial charge in [0.25, 0.3) is 0 Å². The highest BCUT2D eigenvalue weighted by molar-refractivity contribution is 5.85. The van der Waals surface area contributed by atoms with Crippen LogP contribution < -0.4 is 21.7 Å². The number of nitrogens with two attached hydrogens (primary N) is 2. The third-order valence-electron chi connectivity index (χ3n) is 5.63. The number of aryl methyl sites for hydroxylation is 1. The molecule has 3 fully saturated rings. The SMILES string of the molecule is CN(C)c1nc(NC2CCC3CC2C3)nc2c1CCCC2.Cl.NC(N)=O. The van der Waals surface area contributed by atoms with Gasteiger partial charge in [-0.3, -0.25) is 0 Å². The Bertz CT molecular complexity index is 626. The van der Waals surface area contributed by atoms with Crippen LogP contribution in [0.4, 0.5) is 16.6 Å². The zero-order valence-corrected chi connectivity index (χ0v) is 16.5. The van der Waals surface area contributed by atoms with E-state index in [1.54, 1.807) is 0 Å². The van der Waals surface area contributed by atoms with Crippen molar-refractivity contribution in [2.24, 2.45) is 23.3 Å². The van der Waals surface area contributed by atoms with Crippen molar-refractivity contribution in [1.82, 2.24) is 9.97 Å². The van der Waals surface area contributed by atoms with E-state index < -0.39 is 6.03 Å². The molecule has 1 aromatic rings. The highest BCUT2D eigenvalue weighted by Crippen LogP contribution is 2.46. The number of nitrogens with one attached hydrogen (secondary N) is 1. The molecule has 26 heavy (non-hydrogen) atoms. The molecule has 0 aliphatic heterocycles. The van der Waals surface area contributed by atoms with E-state index in [1.165, 1.54) is 49.8 Å². The minimum absolute atomic E-state index is 0. The second kappa shape index (κ2) is 8.75. The summed E-state index contributed by atoms with van der Waals surface area (Å²) >= 11 is 0. The number of anilines is 2. The fraction of sp³-hybridized carbons (Fsp3) is 0.722. The average Bonchev–Trinajstić information content (AvgIpc) is 2.53. The van der Waals surface area contributed by atoms with Crippen LogP contribution in [0.1, 0.15) is 49.8 Å². The van der Waals surface area contributed by atoms with Crippen LogP contribution in [-0.2, 0) is 12.8 Å². The standard InChI is InChI=1S/C17H26N4.CH4N2O.ClH/c1-21(2)16-13-5-3-4-6-15(13)19-17(20-16)18-14-8-7-11-9-12(14)10-11;2-1(3)4;/h11-12,14H,3-10H2,1-2H3,(H,18,19,20);(H4,2,3,4);1H. The molecule has 0 spiro atoms. The summed E-state index contributed by atoms with van der Waals surface area (Å²) in [5.74, 6) is 3.89. The van der Waals surface area contributed by atoms with E-state index >= 15 is 0 Å². The molecule has 146 valence electrons. The molecule has 2 bridgehead atoms. The Kier molecular flexibility index (Phi) is 6.92. The second-order valence-corrected chi connectivity index (χ2v) is 7.73. The van der Waals surface area contributed by atoms with Gasteiger partial charge < -0.3 is 21.7 Å². The van der Waals surface area contributed by atoms with Crippen molar-refractivity contribution in [1.29, 1.82) is 0 Å². The average molecular weight is 383 g/mol. The maximum atomic E-state index is 9.00. The molecule has 3 saturated carbocycles. The summed E-state index contributed by atoms with van der Waals surface area (Å²) in [4.78, 5) is 20.8. The van der Waals surface area contributed by atoms with Gasteiger partial charge in [0, 0.05) is 25.7 Å². The highest BCUT2D eigenvalue weighted by atomic mass is 35.5. The van der Waals surface area contributed by atoms with Crippen molar-refractivity contribution >= 4 is 30.2 Å². The first-order chi connectivity index (χ1) is 11.9. The van der Waals surface area contributed by atoms with Gasteiger partial charge in [-0.2, -0.15) is 4.98 Å².